The van der Waals surface area contributed by atoms with Crippen molar-refractivity contribution in [2.24, 2.45) is 10.9 Å². The van der Waals surface area contributed by atoms with Crippen LogP contribution in [0.3, 0.4) is 0 Å². The minimum Gasteiger partial charge on any atom is -0.507 e. The number of benzene rings is 1. The second kappa shape index (κ2) is 5.36. The van der Waals surface area contributed by atoms with Crippen molar-refractivity contribution in [3.8, 4) is 5.75 Å². The first-order valence-corrected chi connectivity index (χ1v) is 6.28. The van der Waals surface area contributed by atoms with Crippen LogP contribution < -0.4 is 11.1 Å². The van der Waals surface area contributed by atoms with Gasteiger partial charge in [0.1, 0.15) is 22.7 Å². The molecule has 0 aromatic heterocycles. The van der Waals surface area contributed by atoms with E-state index >= 15 is 0 Å². The molecule has 1 saturated carbocycles. The third kappa shape index (κ3) is 2.38. The number of amidine groups is 1. The average Bonchev–Trinajstić information content (AvgIpc) is 2.87. The van der Waals surface area contributed by atoms with E-state index in [1.807, 2.05) is 0 Å². The molecule has 108 valence electrons. The van der Waals surface area contributed by atoms with Crippen LogP contribution in [-0.4, -0.2) is 27.6 Å². The Morgan fingerprint density at radius 3 is 2.60 bits per heavy atom. The van der Waals surface area contributed by atoms with Crippen LogP contribution in [0.1, 0.15) is 36.0 Å². The van der Waals surface area contributed by atoms with Crippen LogP contribution in [0.4, 0.5) is 4.39 Å². The highest BCUT2D eigenvalue weighted by atomic mass is 19.1. The molecule has 0 aliphatic heterocycles. The minimum atomic E-state index is -0.986. The molecule has 2 rings (SSSR count). The van der Waals surface area contributed by atoms with Gasteiger partial charge in [0, 0.05) is 0 Å². The van der Waals surface area contributed by atoms with Gasteiger partial charge in [0.2, 0.25) is 0 Å². The summed E-state index contributed by atoms with van der Waals surface area (Å²) < 4.78 is 13.7. The lowest BCUT2D eigenvalue weighted by Crippen LogP contribution is -2.55. The zero-order valence-electron chi connectivity index (χ0n) is 10.8. The number of phenols is 1. The molecule has 7 heteroatoms. The van der Waals surface area contributed by atoms with Crippen molar-refractivity contribution in [2.45, 2.75) is 31.2 Å². The van der Waals surface area contributed by atoms with Crippen molar-refractivity contribution in [3.05, 3.63) is 29.6 Å². The van der Waals surface area contributed by atoms with Gasteiger partial charge in [-0.2, -0.15) is 0 Å². The van der Waals surface area contributed by atoms with Gasteiger partial charge in [-0.1, -0.05) is 24.1 Å². The summed E-state index contributed by atoms with van der Waals surface area (Å²) in [4.78, 5) is 12.2. The van der Waals surface area contributed by atoms with Gasteiger partial charge in [-0.3, -0.25) is 4.79 Å². The van der Waals surface area contributed by atoms with Crippen molar-refractivity contribution in [2.75, 3.05) is 0 Å². The summed E-state index contributed by atoms with van der Waals surface area (Å²) in [6, 6.07) is 3.61. The highest BCUT2D eigenvalue weighted by molar-refractivity contribution is 6.02. The molecule has 5 N–H and O–H groups in total. The number of amides is 1. The summed E-state index contributed by atoms with van der Waals surface area (Å²) in [7, 11) is 0. The number of rotatable bonds is 3. The Kier molecular flexibility index (Phi) is 3.78. The molecule has 1 fully saturated rings. The lowest BCUT2D eigenvalue weighted by Gasteiger charge is -2.28. The first-order chi connectivity index (χ1) is 9.50. The lowest BCUT2D eigenvalue weighted by atomic mass is 9.95. The van der Waals surface area contributed by atoms with E-state index in [4.69, 9.17) is 10.9 Å². The molecule has 6 nitrogen and oxygen atoms in total. The number of halogens is 1. The van der Waals surface area contributed by atoms with Crippen molar-refractivity contribution in [1.29, 1.82) is 0 Å². The quantitative estimate of drug-likeness (QED) is 0.290. The van der Waals surface area contributed by atoms with Gasteiger partial charge in [-0.15, -0.1) is 0 Å². The topological polar surface area (TPSA) is 108 Å². The smallest absolute Gasteiger partial charge is 0.258 e. The molecule has 0 atom stereocenters. The Labute approximate surface area is 115 Å². The largest absolute Gasteiger partial charge is 0.507 e. The normalized spacial score (nSPS) is 17.9. The number of nitrogens with one attached hydrogen (secondary N) is 1. The summed E-state index contributed by atoms with van der Waals surface area (Å²) >= 11 is 0. The highest BCUT2D eigenvalue weighted by Crippen LogP contribution is 2.31. The fraction of sp³-hybridized carbons (Fsp3) is 0.385. The number of nitrogens with two attached hydrogens (primary N) is 1. The van der Waals surface area contributed by atoms with Crippen LogP contribution in [0, 0.1) is 5.82 Å². The average molecular weight is 281 g/mol. The summed E-state index contributed by atoms with van der Waals surface area (Å²) in [6.45, 7) is 0. The number of hydrogen-bond donors (Lipinski definition) is 4. The Hall–Kier alpha value is -2.31. The molecule has 0 heterocycles. The van der Waals surface area contributed by atoms with Crippen LogP contribution in [0.25, 0.3) is 0 Å². The van der Waals surface area contributed by atoms with Crippen molar-refractivity contribution >= 4 is 11.7 Å². The molecule has 1 aliphatic rings. The molecule has 0 radical (unpaired) electrons. The predicted molar refractivity (Wildman–Crippen MR) is 70.1 cm³/mol. The van der Waals surface area contributed by atoms with Crippen molar-refractivity contribution < 1.29 is 19.5 Å². The van der Waals surface area contributed by atoms with Crippen LogP contribution in [0.5, 0.6) is 5.75 Å². The van der Waals surface area contributed by atoms with Crippen molar-refractivity contribution in [1.82, 2.24) is 5.32 Å². The zero-order chi connectivity index (χ0) is 14.8. The van der Waals surface area contributed by atoms with E-state index < -0.39 is 28.6 Å². The second-order valence-electron chi connectivity index (χ2n) is 4.86. The summed E-state index contributed by atoms with van der Waals surface area (Å²) in [6.07, 6.45) is 2.62. The third-order valence-corrected chi connectivity index (χ3v) is 3.63. The standard InChI is InChI=1S/C13H16FN3O3/c14-8-4-3-5-9(18)10(8)11(19)16-13(12(15)17-20)6-1-2-7-13/h3-5,18,20H,1-2,6-7H2,(H2,15,17)(H,16,19). The fourth-order valence-electron chi connectivity index (χ4n) is 2.54. The van der Waals surface area contributed by atoms with Crippen LogP contribution >= 0.6 is 0 Å². The van der Waals surface area contributed by atoms with Gasteiger partial charge in [-0.05, 0) is 25.0 Å². The van der Waals surface area contributed by atoms with E-state index in [2.05, 4.69) is 10.5 Å². The van der Waals surface area contributed by atoms with Gasteiger partial charge < -0.3 is 21.4 Å². The molecular formula is C13H16FN3O3. The maximum atomic E-state index is 13.7. The first kappa shape index (κ1) is 14.1. The number of carbonyl (C=O) groups excluding carboxylic acids is 1. The molecule has 0 bridgehead atoms. The molecule has 0 spiro atoms. The van der Waals surface area contributed by atoms with Gasteiger partial charge in [0.25, 0.3) is 5.91 Å². The molecule has 0 saturated heterocycles. The SMILES string of the molecule is N/C(=N/O)C1(NC(=O)c2c(O)cccc2F)CCCC1. The summed E-state index contributed by atoms with van der Waals surface area (Å²) in [5.74, 6) is -2.17. The van der Waals surface area contributed by atoms with E-state index in [-0.39, 0.29) is 5.84 Å². The molecule has 1 amide bonds. The first-order valence-electron chi connectivity index (χ1n) is 6.28. The lowest BCUT2D eigenvalue weighted by molar-refractivity contribution is 0.0915. The Balaban J connectivity index is 2.30. The van der Waals surface area contributed by atoms with Crippen molar-refractivity contribution in [3.63, 3.8) is 0 Å². The maximum absolute atomic E-state index is 13.7. The number of phenolic OH excluding ortho intramolecular Hbond substituents is 1. The zero-order valence-corrected chi connectivity index (χ0v) is 10.8. The van der Waals surface area contributed by atoms with Gasteiger partial charge in [-0.25, -0.2) is 4.39 Å². The number of nitrogens with zero attached hydrogens (tertiary/aromatic N) is 1. The monoisotopic (exact) mass is 281 g/mol. The van der Waals surface area contributed by atoms with Crippen LogP contribution in [0.2, 0.25) is 0 Å². The number of oxime groups is 1. The molecule has 1 aliphatic carbocycles. The maximum Gasteiger partial charge on any atom is 0.258 e. The summed E-state index contributed by atoms with van der Waals surface area (Å²) in [5.41, 5.74) is 4.22. The van der Waals surface area contributed by atoms with E-state index in [9.17, 15) is 14.3 Å². The van der Waals surface area contributed by atoms with Crippen LogP contribution in [0.15, 0.2) is 23.4 Å². The Morgan fingerprint density at radius 1 is 1.40 bits per heavy atom. The van der Waals surface area contributed by atoms with Crippen LogP contribution in [-0.2, 0) is 0 Å². The van der Waals surface area contributed by atoms with E-state index in [1.54, 1.807) is 0 Å². The van der Waals surface area contributed by atoms with E-state index in [0.29, 0.717) is 12.8 Å². The minimum absolute atomic E-state index is 0.112. The van der Waals surface area contributed by atoms with E-state index in [1.165, 1.54) is 12.1 Å². The number of carbonyl (C=O) groups is 1. The second-order valence-corrected chi connectivity index (χ2v) is 4.86. The van der Waals surface area contributed by atoms with Gasteiger partial charge in [0.05, 0.1) is 0 Å². The van der Waals surface area contributed by atoms with Gasteiger partial charge >= 0.3 is 0 Å². The molecule has 1 aromatic rings. The Morgan fingerprint density at radius 2 is 2.05 bits per heavy atom. The number of aromatic hydroxyl groups is 1. The Bertz CT molecular complexity index is 534. The molecule has 1 aromatic carbocycles. The molecule has 0 unspecified atom stereocenters. The third-order valence-electron chi connectivity index (χ3n) is 3.63. The van der Waals surface area contributed by atoms with E-state index in [0.717, 1.165) is 18.9 Å². The van der Waals surface area contributed by atoms with Gasteiger partial charge in [0.15, 0.2) is 5.84 Å². The molecule has 20 heavy (non-hydrogen) atoms. The molecular weight excluding hydrogens is 265 g/mol. The highest BCUT2D eigenvalue weighted by Gasteiger charge is 2.40. The predicted octanol–water partition coefficient (Wildman–Crippen LogP) is 1.32. The number of hydrogen-bond acceptors (Lipinski definition) is 4. The summed E-state index contributed by atoms with van der Waals surface area (Å²) in [5, 5.41) is 24.0. The fourth-order valence-corrected chi connectivity index (χ4v) is 2.54.